The molecule has 0 bridgehead atoms. The third-order valence-electron chi connectivity index (χ3n) is 3.51. The summed E-state index contributed by atoms with van der Waals surface area (Å²) >= 11 is 5.72. The maximum absolute atomic E-state index is 9.41. The lowest BCUT2D eigenvalue weighted by atomic mass is 9.89. The summed E-state index contributed by atoms with van der Waals surface area (Å²) in [6, 6.07) is 6.51. The highest BCUT2D eigenvalue weighted by atomic mass is 127. The number of thiophene rings is 2. The van der Waals surface area contributed by atoms with Crippen molar-refractivity contribution in [2.75, 3.05) is 0 Å². The van der Waals surface area contributed by atoms with Gasteiger partial charge in [-0.1, -0.05) is 6.92 Å². The fourth-order valence-electron chi connectivity index (χ4n) is 2.46. The van der Waals surface area contributed by atoms with Gasteiger partial charge in [0.2, 0.25) is 0 Å². The van der Waals surface area contributed by atoms with E-state index in [0.717, 1.165) is 34.2 Å². The van der Waals surface area contributed by atoms with Gasteiger partial charge < -0.3 is 0 Å². The number of nitrogens with zero attached hydrogens (tertiary/aromatic N) is 2. The van der Waals surface area contributed by atoms with Crippen LogP contribution in [0.5, 0.6) is 0 Å². The quantitative estimate of drug-likeness (QED) is 0.496. The molecule has 0 saturated heterocycles. The van der Waals surface area contributed by atoms with Gasteiger partial charge in [0.1, 0.15) is 11.1 Å². The second-order valence-electron chi connectivity index (χ2n) is 5.04. The maximum atomic E-state index is 9.41. The van der Waals surface area contributed by atoms with E-state index in [2.05, 4.69) is 52.7 Å². The number of fused-ring (bicyclic) bond motifs is 1. The van der Waals surface area contributed by atoms with Gasteiger partial charge in [-0.05, 0) is 65.5 Å². The Kier molecular flexibility index (Phi) is 4.24. The lowest BCUT2D eigenvalue weighted by Crippen LogP contribution is -2.09. The number of nitriles is 1. The molecule has 1 atom stereocenters. The predicted octanol–water partition coefficient (Wildman–Crippen LogP) is 5.16. The van der Waals surface area contributed by atoms with Crippen LogP contribution in [-0.4, -0.2) is 6.21 Å². The van der Waals surface area contributed by atoms with Crippen LogP contribution in [0.2, 0.25) is 0 Å². The lowest BCUT2D eigenvalue weighted by Gasteiger charge is -2.17. The van der Waals surface area contributed by atoms with E-state index in [4.69, 9.17) is 0 Å². The molecule has 1 aliphatic rings. The highest BCUT2D eigenvalue weighted by molar-refractivity contribution is 14.1. The van der Waals surface area contributed by atoms with Gasteiger partial charge in [0.15, 0.2) is 0 Å². The van der Waals surface area contributed by atoms with Gasteiger partial charge in [-0.15, -0.1) is 22.7 Å². The van der Waals surface area contributed by atoms with Crippen LogP contribution in [0.25, 0.3) is 0 Å². The van der Waals surface area contributed by atoms with Crippen molar-refractivity contribution in [2.24, 2.45) is 10.9 Å². The van der Waals surface area contributed by atoms with Crippen molar-refractivity contribution < 1.29 is 0 Å². The number of hydrogen-bond donors (Lipinski definition) is 0. The van der Waals surface area contributed by atoms with Gasteiger partial charge in [0.25, 0.3) is 0 Å². The summed E-state index contributed by atoms with van der Waals surface area (Å²) in [4.78, 5) is 7.07. The molecule has 5 heteroatoms. The third kappa shape index (κ3) is 2.83. The monoisotopic (exact) mass is 412 g/mol. The van der Waals surface area contributed by atoms with Crippen LogP contribution in [0.15, 0.2) is 17.1 Å². The molecular weight excluding hydrogens is 399 g/mol. The zero-order valence-corrected chi connectivity index (χ0v) is 14.8. The van der Waals surface area contributed by atoms with E-state index in [-0.39, 0.29) is 0 Å². The summed E-state index contributed by atoms with van der Waals surface area (Å²) in [6.07, 6.45) is 5.20. The lowest BCUT2D eigenvalue weighted by molar-refractivity contribution is 0.507. The van der Waals surface area contributed by atoms with Crippen molar-refractivity contribution in [3.8, 4) is 6.07 Å². The Labute approximate surface area is 140 Å². The van der Waals surface area contributed by atoms with Crippen molar-refractivity contribution in [1.29, 1.82) is 5.26 Å². The average molecular weight is 412 g/mol. The Balaban J connectivity index is 1.94. The van der Waals surface area contributed by atoms with E-state index in [1.54, 1.807) is 22.7 Å². The molecule has 2 aromatic rings. The fraction of sp³-hybridized carbons (Fsp3) is 0.333. The largest absolute Gasteiger partial charge is 0.243 e. The molecular formula is C15H13IN2S2. The van der Waals surface area contributed by atoms with Gasteiger partial charge in [0.05, 0.1) is 8.45 Å². The van der Waals surface area contributed by atoms with Gasteiger partial charge in [-0.3, -0.25) is 0 Å². The fourth-order valence-corrected chi connectivity index (χ4v) is 5.31. The molecule has 102 valence electrons. The molecule has 1 unspecified atom stereocenters. The van der Waals surface area contributed by atoms with E-state index in [9.17, 15) is 5.26 Å². The van der Waals surface area contributed by atoms with E-state index in [0.29, 0.717) is 0 Å². The SMILES string of the molecule is CC1CCc2c(sc(/N=C/c3ccc(I)s3)c2C#N)C1. The second-order valence-corrected chi connectivity index (χ2v) is 9.14. The summed E-state index contributed by atoms with van der Waals surface area (Å²) in [6.45, 7) is 2.28. The normalized spacial score (nSPS) is 18.1. The molecule has 0 spiro atoms. The Morgan fingerprint density at radius 1 is 1.45 bits per heavy atom. The first kappa shape index (κ1) is 14.2. The van der Waals surface area contributed by atoms with Gasteiger partial charge >= 0.3 is 0 Å². The first-order valence-electron chi connectivity index (χ1n) is 6.51. The van der Waals surface area contributed by atoms with Crippen molar-refractivity contribution in [2.45, 2.75) is 26.2 Å². The van der Waals surface area contributed by atoms with Crippen LogP contribution < -0.4 is 0 Å². The van der Waals surface area contributed by atoms with Crippen LogP contribution in [0.3, 0.4) is 0 Å². The molecule has 0 saturated carbocycles. The summed E-state index contributed by atoms with van der Waals surface area (Å²) in [5.74, 6) is 0.725. The zero-order valence-electron chi connectivity index (χ0n) is 11.0. The van der Waals surface area contributed by atoms with Gasteiger partial charge in [0, 0.05) is 16.0 Å². The highest BCUT2D eigenvalue weighted by Crippen LogP contribution is 2.40. The van der Waals surface area contributed by atoms with E-state index < -0.39 is 0 Å². The summed E-state index contributed by atoms with van der Waals surface area (Å²) < 4.78 is 1.25. The Hall–Kier alpha value is -0.710. The van der Waals surface area contributed by atoms with Crippen LogP contribution in [0.4, 0.5) is 5.00 Å². The van der Waals surface area contributed by atoms with E-state index in [1.807, 2.05) is 6.21 Å². The summed E-state index contributed by atoms with van der Waals surface area (Å²) in [5, 5.41) is 10.3. The van der Waals surface area contributed by atoms with Crippen molar-refractivity contribution in [1.82, 2.24) is 0 Å². The smallest absolute Gasteiger partial charge is 0.134 e. The predicted molar refractivity (Wildman–Crippen MR) is 94.5 cm³/mol. The van der Waals surface area contributed by atoms with Crippen LogP contribution in [0, 0.1) is 20.1 Å². The first-order valence-corrected chi connectivity index (χ1v) is 9.22. The van der Waals surface area contributed by atoms with E-state index in [1.165, 1.54) is 19.7 Å². The molecule has 2 nitrogen and oxygen atoms in total. The minimum atomic E-state index is 0.725. The number of hydrogen-bond acceptors (Lipinski definition) is 4. The number of aliphatic imine (C=N–C) groups is 1. The number of halogens is 1. The van der Waals surface area contributed by atoms with E-state index >= 15 is 0 Å². The average Bonchev–Trinajstić information content (AvgIpc) is 2.98. The molecule has 0 N–H and O–H groups in total. The van der Waals surface area contributed by atoms with Crippen LogP contribution in [0.1, 0.15) is 34.2 Å². The maximum Gasteiger partial charge on any atom is 0.134 e. The molecule has 0 radical (unpaired) electrons. The molecule has 0 aromatic carbocycles. The molecule has 0 aliphatic heterocycles. The molecule has 2 aromatic heterocycles. The Morgan fingerprint density at radius 3 is 3.00 bits per heavy atom. The van der Waals surface area contributed by atoms with Crippen LogP contribution >= 0.6 is 45.3 Å². The summed E-state index contributed by atoms with van der Waals surface area (Å²) in [5.41, 5.74) is 2.06. The molecule has 0 amide bonds. The molecule has 0 fully saturated rings. The number of rotatable bonds is 2. The molecule has 20 heavy (non-hydrogen) atoms. The third-order valence-corrected chi connectivity index (χ3v) is 6.50. The van der Waals surface area contributed by atoms with Crippen molar-refractivity contribution >= 4 is 56.5 Å². The molecule has 3 rings (SSSR count). The van der Waals surface area contributed by atoms with Crippen LogP contribution in [-0.2, 0) is 12.8 Å². The Bertz CT molecular complexity index is 706. The summed E-state index contributed by atoms with van der Waals surface area (Å²) in [7, 11) is 0. The highest BCUT2D eigenvalue weighted by Gasteiger charge is 2.23. The van der Waals surface area contributed by atoms with Crippen molar-refractivity contribution in [3.63, 3.8) is 0 Å². The standard InChI is InChI=1S/C15H13IN2S2/c1-9-2-4-11-12(7-17)15(20-13(11)6-9)18-8-10-3-5-14(16)19-10/h3,5,8-9H,2,4,6H2,1H3/b18-8+. The minimum absolute atomic E-state index is 0.725. The second kappa shape index (κ2) is 5.96. The Morgan fingerprint density at radius 2 is 2.30 bits per heavy atom. The van der Waals surface area contributed by atoms with Gasteiger partial charge in [-0.25, -0.2) is 4.99 Å². The minimum Gasteiger partial charge on any atom is -0.243 e. The first-order chi connectivity index (χ1) is 9.67. The molecule has 2 heterocycles. The topological polar surface area (TPSA) is 36.1 Å². The molecule has 1 aliphatic carbocycles. The van der Waals surface area contributed by atoms with Crippen molar-refractivity contribution in [3.05, 3.63) is 35.9 Å². The zero-order chi connectivity index (χ0) is 14.1. The van der Waals surface area contributed by atoms with Gasteiger partial charge in [-0.2, -0.15) is 5.26 Å².